The predicted molar refractivity (Wildman–Crippen MR) is 67.7 cm³/mol. The Morgan fingerprint density at radius 1 is 1.42 bits per heavy atom. The van der Waals surface area contributed by atoms with Gasteiger partial charge in [-0.15, -0.1) is 0 Å². The molecule has 1 aromatic carbocycles. The van der Waals surface area contributed by atoms with Crippen molar-refractivity contribution in [2.75, 3.05) is 26.3 Å². The summed E-state index contributed by atoms with van der Waals surface area (Å²) < 4.78 is 31.7. The molecule has 1 fully saturated rings. The zero-order chi connectivity index (χ0) is 13.9. The topological polar surface area (TPSA) is 41.5 Å². The Morgan fingerprint density at radius 2 is 2.16 bits per heavy atom. The minimum Gasteiger partial charge on any atom is -0.387 e. The average Bonchev–Trinajstić information content (AvgIpc) is 2.35. The second-order valence-electron chi connectivity index (χ2n) is 5.16. The molecule has 1 atom stereocenters. The summed E-state index contributed by atoms with van der Waals surface area (Å²) in [6.07, 6.45) is -0.0599. The van der Waals surface area contributed by atoms with E-state index in [2.05, 4.69) is 12.2 Å². The SMILES string of the molecule is CCC1(CNCC(O)c2cc(F)ccc2F)COC1. The first kappa shape index (κ1) is 14.4. The fourth-order valence-corrected chi connectivity index (χ4v) is 2.18. The van der Waals surface area contributed by atoms with Gasteiger partial charge in [-0.05, 0) is 24.6 Å². The largest absolute Gasteiger partial charge is 0.387 e. The van der Waals surface area contributed by atoms with Crippen molar-refractivity contribution >= 4 is 0 Å². The van der Waals surface area contributed by atoms with Crippen LogP contribution in [0.2, 0.25) is 0 Å². The highest BCUT2D eigenvalue weighted by molar-refractivity contribution is 5.21. The van der Waals surface area contributed by atoms with Gasteiger partial charge >= 0.3 is 0 Å². The zero-order valence-electron chi connectivity index (χ0n) is 11.0. The van der Waals surface area contributed by atoms with Gasteiger partial charge in [-0.1, -0.05) is 6.92 Å². The van der Waals surface area contributed by atoms with Crippen LogP contribution < -0.4 is 5.32 Å². The standard InChI is InChI=1S/C14H19F2NO2/c1-2-14(8-19-9-14)7-17-6-13(18)11-5-10(15)3-4-12(11)16/h3-5,13,17-18H,2,6-9H2,1H3. The fraction of sp³-hybridized carbons (Fsp3) is 0.571. The van der Waals surface area contributed by atoms with Crippen LogP contribution >= 0.6 is 0 Å². The van der Waals surface area contributed by atoms with Crippen LogP contribution in [0.5, 0.6) is 0 Å². The first-order valence-electron chi connectivity index (χ1n) is 6.48. The average molecular weight is 271 g/mol. The minimum atomic E-state index is -1.05. The van der Waals surface area contributed by atoms with E-state index in [0.29, 0.717) is 19.8 Å². The first-order valence-corrected chi connectivity index (χ1v) is 6.48. The number of hydrogen-bond acceptors (Lipinski definition) is 3. The van der Waals surface area contributed by atoms with E-state index in [-0.39, 0.29) is 17.5 Å². The van der Waals surface area contributed by atoms with Crippen LogP contribution in [-0.2, 0) is 4.74 Å². The van der Waals surface area contributed by atoms with Crippen molar-refractivity contribution < 1.29 is 18.6 Å². The minimum absolute atomic E-state index is 0.0112. The molecule has 1 saturated heterocycles. The van der Waals surface area contributed by atoms with E-state index in [9.17, 15) is 13.9 Å². The Morgan fingerprint density at radius 3 is 2.74 bits per heavy atom. The van der Waals surface area contributed by atoms with Crippen molar-refractivity contribution in [1.82, 2.24) is 5.32 Å². The van der Waals surface area contributed by atoms with E-state index in [1.54, 1.807) is 0 Å². The highest BCUT2D eigenvalue weighted by Gasteiger charge is 2.36. The van der Waals surface area contributed by atoms with E-state index in [1.807, 2.05) is 0 Å². The number of benzene rings is 1. The van der Waals surface area contributed by atoms with Gasteiger partial charge in [-0.3, -0.25) is 0 Å². The zero-order valence-corrected chi connectivity index (χ0v) is 11.0. The van der Waals surface area contributed by atoms with Gasteiger partial charge in [-0.2, -0.15) is 0 Å². The molecule has 1 aliphatic rings. The monoisotopic (exact) mass is 271 g/mol. The Bertz CT molecular complexity index is 430. The molecule has 5 heteroatoms. The molecular weight excluding hydrogens is 252 g/mol. The predicted octanol–water partition coefficient (Wildman–Crippen LogP) is 2.01. The lowest BCUT2D eigenvalue weighted by molar-refractivity contribution is -0.113. The summed E-state index contributed by atoms with van der Waals surface area (Å²) in [6, 6.07) is 3.10. The molecule has 0 amide bonds. The summed E-state index contributed by atoms with van der Waals surface area (Å²) in [7, 11) is 0. The number of nitrogens with one attached hydrogen (secondary N) is 1. The number of rotatable bonds is 6. The quantitative estimate of drug-likeness (QED) is 0.831. The van der Waals surface area contributed by atoms with Crippen LogP contribution in [0.15, 0.2) is 18.2 Å². The number of hydrogen-bond donors (Lipinski definition) is 2. The first-order chi connectivity index (χ1) is 9.06. The number of aliphatic hydroxyl groups is 1. The molecule has 0 aromatic heterocycles. The normalized spacial score (nSPS) is 18.9. The second-order valence-corrected chi connectivity index (χ2v) is 5.16. The van der Waals surface area contributed by atoms with Gasteiger partial charge in [0.1, 0.15) is 11.6 Å². The van der Waals surface area contributed by atoms with Gasteiger partial charge in [0.25, 0.3) is 0 Å². The number of halogens is 2. The third-order valence-electron chi connectivity index (χ3n) is 3.72. The molecule has 106 valence electrons. The van der Waals surface area contributed by atoms with E-state index in [0.717, 1.165) is 24.6 Å². The molecule has 0 radical (unpaired) electrons. The molecule has 0 aliphatic carbocycles. The van der Waals surface area contributed by atoms with E-state index in [4.69, 9.17) is 4.74 Å². The highest BCUT2D eigenvalue weighted by atomic mass is 19.1. The number of aliphatic hydroxyl groups excluding tert-OH is 1. The van der Waals surface area contributed by atoms with Crippen molar-refractivity contribution in [3.63, 3.8) is 0 Å². The smallest absolute Gasteiger partial charge is 0.129 e. The van der Waals surface area contributed by atoms with Crippen molar-refractivity contribution in [3.8, 4) is 0 Å². The van der Waals surface area contributed by atoms with Crippen LogP contribution in [0.25, 0.3) is 0 Å². The van der Waals surface area contributed by atoms with Crippen LogP contribution in [0.1, 0.15) is 25.0 Å². The lowest BCUT2D eigenvalue weighted by Gasteiger charge is -2.41. The fourth-order valence-electron chi connectivity index (χ4n) is 2.18. The molecule has 1 unspecified atom stereocenters. The van der Waals surface area contributed by atoms with Gasteiger partial charge in [0, 0.05) is 24.1 Å². The Labute approximate surface area is 111 Å². The third-order valence-corrected chi connectivity index (χ3v) is 3.72. The summed E-state index contributed by atoms with van der Waals surface area (Å²) in [5.41, 5.74) is 0.114. The summed E-state index contributed by atoms with van der Waals surface area (Å²) in [5.74, 6) is -1.14. The molecule has 2 rings (SSSR count). The van der Waals surface area contributed by atoms with Crippen LogP contribution in [-0.4, -0.2) is 31.4 Å². The molecule has 3 nitrogen and oxygen atoms in total. The van der Waals surface area contributed by atoms with Crippen molar-refractivity contribution in [2.45, 2.75) is 19.4 Å². The van der Waals surface area contributed by atoms with Crippen LogP contribution in [0, 0.1) is 17.0 Å². The lowest BCUT2D eigenvalue weighted by Crippen LogP contribution is -2.49. The van der Waals surface area contributed by atoms with Gasteiger partial charge in [0.15, 0.2) is 0 Å². The lowest BCUT2D eigenvalue weighted by atomic mass is 9.83. The van der Waals surface area contributed by atoms with Crippen molar-refractivity contribution in [3.05, 3.63) is 35.4 Å². The molecule has 19 heavy (non-hydrogen) atoms. The van der Waals surface area contributed by atoms with Crippen molar-refractivity contribution in [1.29, 1.82) is 0 Å². The summed E-state index contributed by atoms with van der Waals surface area (Å²) in [4.78, 5) is 0. The molecular formula is C14H19F2NO2. The van der Waals surface area contributed by atoms with E-state index in [1.165, 1.54) is 0 Å². The molecule has 0 bridgehead atoms. The summed E-state index contributed by atoms with van der Waals surface area (Å²) >= 11 is 0. The molecule has 1 aliphatic heterocycles. The van der Waals surface area contributed by atoms with Crippen molar-refractivity contribution in [2.24, 2.45) is 5.41 Å². The maximum atomic E-state index is 13.5. The third kappa shape index (κ3) is 3.29. The summed E-state index contributed by atoms with van der Waals surface area (Å²) in [5, 5.41) is 13.0. The van der Waals surface area contributed by atoms with Crippen LogP contribution in [0.3, 0.4) is 0 Å². The Balaban J connectivity index is 1.87. The van der Waals surface area contributed by atoms with E-state index < -0.39 is 17.7 Å². The number of ether oxygens (including phenoxy) is 1. The maximum absolute atomic E-state index is 13.5. The highest BCUT2D eigenvalue weighted by Crippen LogP contribution is 2.30. The Kier molecular flexibility index (Phi) is 4.50. The summed E-state index contributed by atoms with van der Waals surface area (Å²) in [6.45, 7) is 4.41. The molecule has 0 spiro atoms. The molecule has 2 N–H and O–H groups in total. The van der Waals surface area contributed by atoms with E-state index >= 15 is 0 Å². The molecule has 0 saturated carbocycles. The molecule has 1 heterocycles. The molecule has 1 aromatic rings. The second kappa shape index (κ2) is 5.94. The Hall–Kier alpha value is -1.04. The maximum Gasteiger partial charge on any atom is 0.129 e. The van der Waals surface area contributed by atoms with Gasteiger partial charge in [0.05, 0.1) is 19.3 Å². The van der Waals surface area contributed by atoms with Gasteiger partial charge in [0.2, 0.25) is 0 Å². The van der Waals surface area contributed by atoms with Crippen LogP contribution in [0.4, 0.5) is 8.78 Å². The van der Waals surface area contributed by atoms with Gasteiger partial charge in [-0.25, -0.2) is 8.78 Å². The van der Waals surface area contributed by atoms with Gasteiger partial charge < -0.3 is 15.2 Å².